The third kappa shape index (κ3) is 3.85. The van der Waals surface area contributed by atoms with Crippen LogP contribution in [-0.4, -0.2) is 37.4 Å². The monoisotopic (exact) mass is 420 g/mol. The Labute approximate surface area is 169 Å². The SMILES string of the molecule is COc1ccc(CNS(=O)(=O)c2c(-c3nnc(C)o3)c(C)n(C)c2C)c(OC)c1. The summed E-state index contributed by atoms with van der Waals surface area (Å²) in [5.41, 5.74) is 2.37. The average molecular weight is 420 g/mol. The summed E-state index contributed by atoms with van der Waals surface area (Å²) in [7, 11) is 0.983. The Morgan fingerprint density at radius 3 is 2.41 bits per heavy atom. The molecular weight excluding hydrogens is 396 g/mol. The van der Waals surface area contributed by atoms with E-state index in [4.69, 9.17) is 13.9 Å². The lowest BCUT2D eigenvalue weighted by Gasteiger charge is -2.12. The standard InChI is InChI=1S/C19H24N4O5S/c1-11-17(19-22-21-13(3)28-19)18(12(2)23(11)4)29(24,25)20-10-14-7-8-15(26-5)9-16(14)27-6/h7-9,20H,10H2,1-6H3. The molecule has 0 aliphatic carbocycles. The molecular formula is C19H24N4O5S. The van der Waals surface area contributed by atoms with Gasteiger partial charge in [-0.25, -0.2) is 13.1 Å². The van der Waals surface area contributed by atoms with Crippen LogP contribution >= 0.6 is 0 Å². The zero-order chi connectivity index (χ0) is 21.3. The minimum Gasteiger partial charge on any atom is -0.497 e. The Bertz CT molecular complexity index is 1150. The number of hydrogen-bond donors (Lipinski definition) is 1. The normalized spacial score (nSPS) is 11.7. The minimum atomic E-state index is -3.89. The van der Waals surface area contributed by atoms with Crippen LogP contribution in [0.1, 0.15) is 22.8 Å². The summed E-state index contributed by atoms with van der Waals surface area (Å²) in [4.78, 5) is 0.119. The Balaban J connectivity index is 2.00. The maximum atomic E-state index is 13.2. The second-order valence-electron chi connectivity index (χ2n) is 6.56. The fourth-order valence-corrected chi connectivity index (χ4v) is 4.66. The first kappa shape index (κ1) is 20.9. The molecule has 10 heteroatoms. The van der Waals surface area contributed by atoms with Crippen molar-refractivity contribution in [3.05, 3.63) is 41.0 Å². The Hall–Kier alpha value is -2.85. The third-order valence-corrected chi connectivity index (χ3v) is 6.44. The molecule has 0 bridgehead atoms. The van der Waals surface area contributed by atoms with Gasteiger partial charge in [-0.15, -0.1) is 10.2 Å². The Morgan fingerprint density at radius 1 is 1.10 bits per heavy atom. The molecule has 29 heavy (non-hydrogen) atoms. The van der Waals surface area contributed by atoms with Crippen molar-refractivity contribution in [3.63, 3.8) is 0 Å². The largest absolute Gasteiger partial charge is 0.497 e. The van der Waals surface area contributed by atoms with E-state index in [-0.39, 0.29) is 17.3 Å². The first-order valence-corrected chi connectivity index (χ1v) is 10.3. The summed E-state index contributed by atoms with van der Waals surface area (Å²) < 4.78 is 47.0. The lowest BCUT2D eigenvalue weighted by molar-refractivity contribution is 0.390. The van der Waals surface area contributed by atoms with Crippen molar-refractivity contribution in [3.8, 4) is 23.0 Å². The Kier molecular flexibility index (Phi) is 5.67. The number of aryl methyl sites for hydroxylation is 1. The highest BCUT2D eigenvalue weighted by atomic mass is 32.2. The van der Waals surface area contributed by atoms with E-state index in [2.05, 4.69) is 14.9 Å². The molecule has 1 N–H and O–H groups in total. The van der Waals surface area contributed by atoms with E-state index in [1.54, 1.807) is 50.8 Å². The highest BCUT2D eigenvalue weighted by molar-refractivity contribution is 7.89. The molecule has 0 aliphatic heterocycles. The van der Waals surface area contributed by atoms with Gasteiger partial charge in [0.2, 0.25) is 15.9 Å². The molecule has 0 atom stereocenters. The van der Waals surface area contributed by atoms with Crippen LogP contribution in [0.15, 0.2) is 27.5 Å². The number of rotatable bonds is 7. The van der Waals surface area contributed by atoms with Gasteiger partial charge in [0.25, 0.3) is 5.89 Å². The van der Waals surface area contributed by atoms with Crippen LogP contribution in [0.2, 0.25) is 0 Å². The maximum absolute atomic E-state index is 13.2. The predicted octanol–water partition coefficient (Wildman–Crippen LogP) is 2.50. The van der Waals surface area contributed by atoms with E-state index >= 15 is 0 Å². The first-order valence-electron chi connectivity index (χ1n) is 8.86. The topological polar surface area (TPSA) is 108 Å². The van der Waals surface area contributed by atoms with Gasteiger partial charge in [0.05, 0.1) is 19.8 Å². The van der Waals surface area contributed by atoms with Gasteiger partial charge in [0, 0.05) is 43.5 Å². The van der Waals surface area contributed by atoms with Gasteiger partial charge in [-0.05, 0) is 19.9 Å². The maximum Gasteiger partial charge on any atom is 0.250 e. The lowest BCUT2D eigenvalue weighted by Crippen LogP contribution is -2.24. The van der Waals surface area contributed by atoms with E-state index < -0.39 is 10.0 Å². The molecule has 156 valence electrons. The second kappa shape index (κ2) is 7.88. The van der Waals surface area contributed by atoms with E-state index in [1.165, 1.54) is 7.11 Å². The number of nitrogens with zero attached hydrogens (tertiary/aromatic N) is 3. The summed E-state index contributed by atoms with van der Waals surface area (Å²) in [6.07, 6.45) is 0. The first-order chi connectivity index (χ1) is 13.7. The van der Waals surface area contributed by atoms with Gasteiger partial charge in [0.1, 0.15) is 16.4 Å². The van der Waals surface area contributed by atoms with Crippen molar-refractivity contribution in [1.29, 1.82) is 0 Å². The van der Waals surface area contributed by atoms with Crippen molar-refractivity contribution in [2.75, 3.05) is 14.2 Å². The van der Waals surface area contributed by atoms with Gasteiger partial charge in [-0.3, -0.25) is 0 Å². The average Bonchev–Trinajstić information content (AvgIpc) is 3.22. The molecule has 0 amide bonds. The molecule has 0 radical (unpaired) electrons. The highest BCUT2D eigenvalue weighted by Crippen LogP contribution is 2.34. The summed E-state index contributed by atoms with van der Waals surface area (Å²) in [5, 5.41) is 7.84. The number of ether oxygens (including phenoxy) is 2. The van der Waals surface area contributed by atoms with E-state index in [0.717, 1.165) is 0 Å². The quantitative estimate of drug-likeness (QED) is 0.625. The van der Waals surface area contributed by atoms with Crippen LogP contribution < -0.4 is 14.2 Å². The number of hydrogen-bond acceptors (Lipinski definition) is 7. The molecule has 1 aromatic carbocycles. The molecule has 2 heterocycles. The fourth-order valence-electron chi connectivity index (χ4n) is 3.14. The molecule has 0 unspecified atom stereocenters. The number of aromatic nitrogens is 3. The molecule has 3 rings (SSSR count). The highest BCUT2D eigenvalue weighted by Gasteiger charge is 2.30. The summed E-state index contributed by atoms with van der Waals surface area (Å²) >= 11 is 0. The summed E-state index contributed by atoms with van der Waals surface area (Å²) in [5.74, 6) is 1.68. The number of benzene rings is 1. The zero-order valence-corrected chi connectivity index (χ0v) is 18.0. The molecule has 9 nitrogen and oxygen atoms in total. The number of methoxy groups -OCH3 is 2. The molecule has 2 aromatic heterocycles. The van der Waals surface area contributed by atoms with E-state index in [1.807, 2.05) is 6.92 Å². The van der Waals surface area contributed by atoms with E-state index in [0.29, 0.717) is 39.9 Å². The van der Waals surface area contributed by atoms with Gasteiger partial charge in [-0.1, -0.05) is 6.07 Å². The van der Waals surface area contributed by atoms with Crippen LogP contribution in [0.25, 0.3) is 11.5 Å². The molecule has 0 aliphatic rings. The van der Waals surface area contributed by atoms with Crippen LogP contribution in [0.5, 0.6) is 11.5 Å². The number of sulfonamides is 1. The van der Waals surface area contributed by atoms with Crippen LogP contribution in [0, 0.1) is 20.8 Å². The van der Waals surface area contributed by atoms with Gasteiger partial charge in [-0.2, -0.15) is 0 Å². The smallest absolute Gasteiger partial charge is 0.250 e. The van der Waals surface area contributed by atoms with Crippen molar-refractivity contribution < 1.29 is 22.3 Å². The second-order valence-corrected chi connectivity index (χ2v) is 8.27. The summed E-state index contributed by atoms with van der Waals surface area (Å²) in [6.45, 7) is 5.25. The van der Waals surface area contributed by atoms with Crippen molar-refractivity contribution >= 4 is 10.0 Å². The van der Waals surface area contributed by atoms with Crippen molar-refractivity contribution in [2.45, 2.75) is 32.2 Å². The third-order valence-electron chi connectivity index (χ3n) is 4.88. The van der Waals surface area contributed by atoms with Crippen LogP contribution in [-0.2, 0) is 23.6 Å². The fraction of sp³-hybridized carbons (Fsp3) is 0.368. The van der Waals surface area contributed by atoms with E-state index in [9.17, 15) is 8.42 Å². The van der Waals surface area contributed by atoms with Crippen molar-refractivity contribution in [1.82, 2.24) is 19.5 Å². The van der Waals surface area contributed by atoms with Gasteiger partial charge < -0.3 is 18.5 Å². The van der Waals surface area contributed by atoms with Crippen LogP contribution in [0.4, 0.5) is 0 Å². The molecule has 0 spiro atoms. The summed E-state index contributed by atoms with van der Waals surface area (Å²) in [6, 6.07) is 5.20. The number of nitrogens with one attached hydrogen (secondary N) is 1. The molecule has 0 fully saturated rings. The molecule has 3 aromatic rings. The van der Waals surface area contributed by atoms with Crippen LogP contribution in [0.3, 0.4) is 0 Å². The zero-order valence-electron chi connectivity index (χ0n) is 17.2. The minimum absolute atomic E-state index is 0.0468. The molecule has 0 saturated carbocycles. The Morgan fingerprint density at radius 2 is 1.83 bits per heavy atom. The van der Waals surface area contributed by atoms with Gasteiger partial charge in [0.15, 0.2) is 0 Å². The van der Waals surface area contributed by atoms with Gasteiger partial charge >= 0.3 is 0 Å². The predicted molar refractivity (Wildman–Crippen MR) is 106 cm³/mol. The molecule has 0 saturated heterocycles. The lowest BCUT2D eigenvalue weighted by atomic mass is 10.2. The van der Waals surface area contributed by atoms with Crippen molar-refractivity contribution in [2.24, 2.45) is 7.05 Å².